The second kappa shape index (κ2) is 8.30. The smallest absolute Gasteiger partial charge is 0.335 e. The molecule has 0 radical (unpaired) electrons. The van der Waals surface area contributed by atoms with Crippen molar-refractivity contribution in [3.05, 3.63) is 63.2 Å². The fourth-order valence-electron chi connectivity index (χ4n) is 3.42. The lowest BCUT2D eigenvalue weighted by molar-refractivity contribution is -0.384. The molecule has 2 aromatic rings. The molecule has 2 aromatic carbocycles. The summed E-state index contributed by atoms with van der Waals surface area (Å²) in [6.45, 7) is 5.47. The van der Waals surface area contributed by atoms with Crippen molar-refractivity contribution in [3.63, 3.8) is 0 Å². The van der Waals surface area contributed by atoms with Gasteiger partial charge in [-0.1, -0.05) is 13.0 Å². The minimum Gasteiger partial charge on any atom is -0.478 e. The van der Waals surface area contributed by atoms with E-state index in [0.29, 0.717) is 22.9 Å². The number of hydrogen-bond acceptors (Lipinski definition) is 5. The number of nitrogens with one attached hydrogen (secondary N) is 1. The molecule has 0 spiro atoms. The van der Waals surface area contributed by atoms with E-state index in [-0.39, 0.29) is 16.8 Å². The first-order valence-corrected chi connectivity index (χ1v) is 9.45. The van der Waals surface area contributed by atoms with Gasteiger partial charge in [0.25, 0.3) is 11.6 Å². The first-order chi connectivity index (χ1) is 13.8. The first-order valence-electron chi connectivity index (χ1n) is 9.45. The Morgan fingerprint density at radius 3 is 2.48 bits per heavy atom. The van der Waals surface area contributed by atoms with Crippen LogP contribution in [0.2, 0.25) is 0 Å². The number of amides is 1. The van der Waals surface area contributed by atoms with Crippen molar-refractivity contribution in [1.29, 1.82) is 0 Å². The van der Waals surface area contributed by atoms with Crippen molar-refractivity contribution in [1.82, 2.24) is 0 Å². The van der Waals surface area contributed by atoms with E-state index in [0.717, 1.165) is 25.9 Å². The van der Waals surface area contributed by atoms with Crippen molar-refractivity contribution in [2.45, 2.75) is 26.7 Å². The number of aryl methyl sites for hydroxylation is 1. The van der Waals surface area contributed by atoms with E-state index in [1.54, 1.807) is 19.1 Å². The molecular formula is C21H23N3O5. The number of carbonyl (C=O) groups is 2. The van der Waals surface area contributed by atoms with Crippen LogP contribution in [-0.4, -0.2) is 35.0 Å². The molecule has 1 aliphatic rings. The second-order valence-electron chi connectivity index (χ2n) is 7.42. The van der Waals surface area contributed by atoms with Crippen LogP contribution < -0.4 is 10.2 Å². The van der Waals surface area contributed by atoms with Crippen LogP contribution in [0.1, 0.15) is 46.0 Å². The van der Waals surface area contributed by atoms with Gasteiger partial charge in [-0.3, -0.25) is 14.9 Å². The van der Waals surface area contributed by atoms with Gasteiger partial charge in [0.15, 0.2) is 0 Å². The van der Waals surface area contributed by atoms with Crippen LogP contribution >= 0.6 is 0 Å². The van der Waals surface area contributed by atoms with E-state index in [9.17, 15) is 24.8 Å². The van der Waals surface area contributed by atoms with Crippen LogP contribution in [0, 0.1) is 23.0 Å². The fraction of sp³-hybridized carbons (Fsp3) is 0.333. The van der Waals surface area contributed by atoms with E-state index < -0.39 is 16.8 Å². The summed E-state index contributed by atoms with van der Waals surface area (Å²) in [5, 5.41) is 23.1. The third kappa shape index (κ3) is 4.53. The number of non-ortho nitro benzene ring substituents is 1. The van der Waals surface area contributed by atoms with Gasteiger partial charge >= 0.3 is 5.97 Å². The number of rotatable bonds is 5. The lowest BCUT2D eigenvalue weighted by Crippen LogP contribution is -2.34. The predicted octanol–water partition coefficient (Wildman–Crippen LogP) is 4.09. The number of aromatic carboxylic acids is 1. The van der Waals surface area contributed by atoms with Crippen molar-refractivity contribution >= 4 is 28.9 Å². The lowest BCUT2D eigenvalue weighted by atomic mass is 9.97. The summed E-state index contributed by atoms with van der Waals surface area (Å²) in [4.78, 5) is 37.0. The normalized spacial score (nSPS) is 14.5. The van der Waals surface area contributed by atoms with Crippen LogP contribution in [0.15, 0.2) is 36.4 Å². The molecule has 0 atom stereocenters. The van der Waals surface area contributed by atoms with Gasteiger partial charge in [0.05, 0.1) is 21.7 Å². The number of piperidine rings is 1. The average molecular weight is 397 g/mol. The monoisotopic (exact) mass is 397 g/mol. The van der Waals surface area contributed by atoms with Crippen LogP contribution in [-0.2, 0) is 0 Å². The highest BCUT2D eigenvalue weighted by atomic mass is 16.6. The molecule has 0 aromatic heterocycles. The number of nitrogens with zero attached hydrogens (tertiary/aromatic N) is 2. The minimum absolute atomic E-state index is 0.0511. The molecule has 8 heteroatoms. The minimum atomic E-state index is -1.10. The van der Waals surface area contributed by atoms with Crippen molar-refractivity contribution < 1.29 is 19.6 Å². The molecule has 3 rings (SSSR count). The zero-order valence-electron chi connectivity index (χ0n) is 16.3. The van der Waals surface area contributed by atoms with Crippen molar-refractivity contribution in [2.75, 3.05) is 23.3 Å². The number of carboxylic acids is 1. The number of carbonyl (C=O) groups excluding carboxylic acids is 1. The number of nitro benzene ring substituents is 1. The molecule has 152 valence electrons. The zero-order valence-corrected chi connectivity index (χ0v) is 16.3. The van der Waals surface area contributed by atoms with Crippen molar-refractivity contribution in [3.8, 4) is 0 Å². The Kier molecular flexibility index (Phi) is 5.81. The Bertz CT molecular complexity index is 965. The molecule has 1 fully saturated rings. The van der Waals surface area contributed by atoms with Gasteiger partial charge in [0.1, 0.15) is 0 Å². The van der Waals surface area contributed by atoms with Crippen LogP contribution in [0.25, 0.3) is 0 Å². The molecule has 0 saturated carbocycles. The highest BCUT2D eigenvalue weighted by molar-refractivity contribution is 6.09. The van der Waals surface area contributed by atoms with Gasteiger partial charge in [0.2, 0.25) is 0 Å². The van der Waals surface area contributed by atoms with Gasteiger partial charge in [-0.2, -0.15) is 0 Å². The molecule has 1 saturated heterocycles. The molecule has 29 heavy (non-hydrogen) atoms. The SMILES string of the molecule is Cc1ccc(C(=O)O)cc1NC(=O)c1cc([N+](=O)[O-])ccc1N1CCC(C)CC1. The Morgan fingerprint density at radius 2 is 1.86 bits per heavy atom. The van der Waals surface area contributed by atoms with E-state index in [1.807, 2.05) is 0 Å². The summed E-state index contributed by atoms with van der Waals surface area (Å²) in [7, 11) is 0. The zero-order chi connectivity index (χ0) is 21.1. The maximum absolute atomic E-state index is 13.0. The number of carboxylic acid groups (broad SMARTS) is 1. The Morgan fingerprint density at radius 1 is 1.17 bits per heavy atom. The highest BCUT2D eigenvalue weighted by Gasteiger charge is 2.24. The average Bonchev–Trinajstić information content (AvgIpc) is 2.69. The quantitative estimate of drug-likeness (QED) is 0.580. The van der Waals surface area contributed by atoms with Gasteiger partial charge in [-0.05, 0) is 49.4 Å². The van der Waals surface area contributed by atoms with E-state index in [1.165, 1.54) is 24.3 Å². The lowest BCUT2D eigenvalue weighted by Gasteiger charge is -2.33. The van der Waals surface area contributed by atoms with Crippen LogP contribution in [0.4, 0.5) is 17.1 Å². The summed E-state index contributed by atoms with van der Waals surface area (Å²) < 4.78 is 0. The van der Waals surface area contributed by atoms with Crippen LogP contribution in [0.5, 0.6) is 0 Å². The Labute approximate surface area is 168 Å². The van der Waals surface area contributed by atoms with E-state index >= 15 is 0 Å². The highest BCUT2D eigenvalue weighted by Crippen LogP contribution is 2.30. The van der Waals surface area contributed by atoms with E-state index in [4.69, 9.17) is 0 Å². The Balaban J connectivity index is 1.96. The largest absolute Gasteiger partial charge is 0.478 e. The van der Waals surface area contributed by atoms with E-state index in [2.05, 4.69) is 17.1 Å². The second-order valence-corrected chi connectivity index (χ2v) is 7.42. The molecule has 1 heterocycles. The summed E-state index contributed by atoms with van der Waals surface area (Å²) in [6, 6.07) is 8.75. The standard InChI is InChI=1S/C21H23N3O5/c1-13-7-9-23(10-8-13)19-6-5-16(24(28)29)12-17(19)20(25)22-18-11-15(21(26)27)4-3-14(18)2/h3-6,11-13H,7-10H2,1-2H3,(H,22,25)(H,26,27). The number of benzene rings is 2. The van der Waals surface area contributed by atoms with Crippen LogP contribution in [0.3, 0.4) is 0 Å². The topological polar surface area (TPSA) is 113 Å². The summed E-state index contributed by atoms with van der Waals surface area (Å²) in [5.74, 6) is -1.00. The maximum Gasteiger partial charge on any atom is 0.335 e. The fourth-order valence-corrected chi connectivity index (χ4v) is 3.42. The molecular weight excluding hydrogens is 374 g/mol. The molecule has 0 bridgehead atoms. The van der Waals surface area contributed by atoms with Gasteiger partial charge in [-0.25, -0.2) is 4.79 Å². The number of nitro groups is 1. The third-order valence-electron chi connectivity index (χ3n) is 5.29. The molecule has 8 nitrogen and oxygen atoms in total. The molecule has 1 amide bonds. The van der Waals surface area contributed by atoms with Gasteiger partial charge in [-0.15, -0.1) is 0 Å². The summed E-state index contributed by atoms with van der Waals surface area (Å²) >= 11 is 0. The number of anilines is 2. The molecule has 0 unspecified atom stereocenters. The van der Waals surface area contributed by atoms with Gasteiger partial charge < -0.3 is 15.3 Å². The summed E-state index contributed by atoms with van der Waals surface area (Å²) in [6.07, 6.45) is 1.97. The Hall–Kier alpha value is -3.42. The molecule has 1 aliphatic heterocycles. The third-order valence-corrected chi connectivity index (χ3v) is 5.29. The molecule has 2 N–H and O–H groups in total. The van der Waals surface area contributed by atoms with Crippen molar-refractivity contribution in [2.24, 2.45) is 5.92 Å². The van der Waals surface area contributed by atoms with Gasteiger partial charge in [0, 0.05) is 30.9 Å². The maximum atomic E-state index is 13.0. The first kappa shape index (κ1) is 20.3. The predicted molar refractivity (Wildman–Crippen MR) is 110 cm³/mol. The molecule has 0 aliphatic carbocycles. The number of hydrogen-bond donors (Lipinski definition) is 2. The summed E-state index contributed by atoms with van der Waals surface area (Å²) in [5.41, 5.74) is 1.79.